The van der Waals surface area contributed by atoms with Crippen molar-refractivity contribution in [2.75, 3.05) is 0 Å². The summed E-state index contributed by atoms with van der Waals surface area (Å²) in [6.45, 7) is 0.341. The molecular formula is C19H19F3N2O. The molecule has 0 saturated heterocycles. The van der Waals surface area contributed by atoms with E-state index in [-0.39, 0.29) is 5.91 Å². The number of rotatable bonds is 5. The van der Waals surface area contributed by atoms with Crippen LogP contribution < -0.4 is 11.1 Å². The highest BCUT2D eigenvalue weighted by atomic mass is 19.4. The average molecular weight is 348 g/mol. The van der Waals surface area contributed by atoms with Crippen molar-refractivity contribution in [1.82, 2.24) is 5.32 Å². The molecule has 6 heteroatoms. The monoisotopic (exact) mass is 348 g/mol. The van der Waals surface area contributed by atoms with E-state index in [1.54, 1.807) is 0 Å². The third kappa shape index (κ3) is 4.39. The quantitative estimate of drug-likeness (QED) is 0.865. The number of carbonyl (C=O) groups is 1. The van der Waals surface area contributed by atoms with Crippen molar-refractivity contribution in [2.45, 2.75) is 31.6 Å². The van der Waals surface area contributed by atoms with Gasteiger partial charge in [-0.25, -0.2) is 0 Å². The van der Waals surface area contributed by atoms with E-state index in [4.69, 9.17) is 5.73 Å². The lowest BCUT2D eigenvalue weighted by Crippen LogP contribution is -2.41. The first-order valence-corrected chi connectivity index (χ1v) is 8.14. The van der Waals surface area contributed by atoms with E-state index in [1.165, 1.54) is 12.1 Å². The highest BCUT2D eigenvalue weighted by Crippen LogP contribution is 2.32. The van der Waals surface area contributed by atoms with Crippen LogP contribution in [0.2, 0.25) is 0 Å². The summed E-state index contributed by atoms with van der Waals surface area (Å²) in [7, 11) is 0. The van der Waals surface area contributed by atoms with Crippen molar-refractivity contribution in [3.05, 3.63) is 59.7 Å². The highest BCUT2D eigenvalue weighted by molar-refractivity contribution is 5.82. The third-order valence-corrected chi connectivity index (χ3v) is 4.37. The van der Waals surface area contributed by atoms with E-state index < -0.39 is 17.8 Å². The summed E-state index contributed by atoms with van der Waals surface area (Å²) in [4.78, 5) is 11.9. The van der Waals surface area contributed by atoms with Gasteiger partial charge < -0.3 is 11.1 Å². The molecule has 1 atom stereocenters. The summed E-state index contributed by atoms with van der Waals surface area (Å²) in [6, 6.07) is 11.9. The molecule has 0 spiro atoms. The topological polar surface area (TPSA) is 55.1 Å². The number of halogens is 3. The van der Waals surface area contributed by atoms with Gasteiger partial charge in [0.05, 0.1) is 11.6 Å². The molecule has 0 unspecified atom stereocenters. The summed E-state index contributed by atoms with van der Waals surface area (Å²) < 4.78 is 37.9. The predicted octanol–water partition coefficient (Wildman–Crippen LogP) is 3.73. The van der Waals surface area contributed by atoms with Gasteiger partial charge in [0, 0.05) is 6.54 Å². The van der Waals surface area contributed by atoms with Crippen LogP contribution in [-0.2, 0) is 17.5 Å². The zero-order valence-electron chi connectivity index (χ0n) is 13.5. The normalized spacial score (nSPS) is 15.7. The molecule has 0 bridgehead atoms. The first kappa shape index (κ1) is 17.5. The Morgan fingerprint density at radius 1 is 1.12 bits per heavy atom. The van der Waals surface area contributed by atoms with Crippen molar-refractivity contribution in [3.63, 3.8) is 0 Å². The lowest BCUT2D eigenvalue weighted by Gasteiger charge is -2.12. The second kappa shape index (κ2) is 6.88. The van der Waals surface area contributed by atoms with Crippen molar-refractivity contribution >= 4 is 5.91 Å². The van der Waals surface area contributed by atoms with Crippen LogP contribution in [0.25, 0.3) is 11.1 Å². The second-order valence-electron chi connectivity index (χ2n) is 6.36. The lowest BCUT2D eigenvalue weighted by atomic mass is 10.0. The molecule has 0 aromatic heterocycles. The molecule has 3 nitrogen and oxygen atoms in total. The van der Waals surface area contributed by atoms with E-state index in [0.717, 1.165) is 36.1 Å². The standard InChI is InChI=1S/C19H19F3N2O/c20-19(21,22)16-8-6-13(7-9-16)15-3-1-2-12(10-15)11-24-18(25)17(23)14-4-5-14/h1-3,6-10,14,17H,4-5,11,23H2,(H,24,25)/t17-/m1/s1. The fraction of sp³-hybridized carbons (Fsp3) is 0.316. The maximum Gasteiger partial charge on any atom is 0.416 e. The molecule has 1 aliphatic rings. The smallest absolute Gasteiger partial charge is 0.351 e. The minimum absolute atomic E-state index is 0.164. The van der Waals surface area contributed by atoms with E-state index in [1.807, 2.05) is 24.3 Å². The number of alkyl halides is 3. The van der Waals surface area contributed by atoms with Crippen molar-refractivity contribution in [3.8, 4) is 11.1 Å². The number of hydrogen-bond donors (Lipinski definition) is 2. The Bertz CT molecular complexity index is 752. The van der Waals surface area contributed by atoms with Gasteiger partial charge in [-0.15, -0.1) is 0 Å². The Morgan fingerprint density at radius 2 is 1.80 bits per heavy atom. The van der Waals surface area contributed by atoms with Crippen molar-refractivity contribution in [1.29, 1.82) is 0 Å². The van der Waals surface area contributed by atoms with Crippen LogP contribution >= 0.6 is 0 Å². The number of carbonyl (C=O) groups excluding carboxylic acids is 1. The van der Waals surface area contributed by atoms with Gasteiger partial charge in [-0.2, -0.15) is 13.2 Å². The van der Waals surface area contributed by atoms with Gasteiger partial charge in [-0.1, -0.05) is 30.3 Å². The van der Waals surface area contributed by atoms with Gasteiger partial charge in [0.25, 0.3) is 0 Å². The number of nitrogens with one attached hydrogen (secondary N) is 1. The molecule has 2 aromatic rings. The molecule has 1 fully saturated rings. The minimum Gasteiger partial charge on any atom is -0.351 e. The molecule has 1 aliphatic carbocycles. The summed E-state index contributed by atoms with van der Waals surface area (Å²) in [6.07, 6.45) is -2.35. The molecule has 3 N–H and O–H groups in total. The zero-order chi connectivity index (χ0) is 18.0. The molecular weight excluding hydrogens is 329 g/mol. The van der Waals surface area contributed by atoms with E-state index in [9.17, 15) is 18.0 Å². The SMILES string of the molecule is N[C@@H](C(=O)NCc1cccc(-c2ccc(C(F)(F)F)cc2)c1)C1CC1. The Balaban J connectivity index is 1.67. The minimum atomic E-state index is -4.34. The maximum absolute atomic E-state index is 12.6. The lowest BCUT2D eigenvalue weighted by molar-refractivity contribution is -0.137. The fourth-order valence-electron chi connectivity index (χ4n) is 2.69. The van der Waals surface area contributed by atoms with Crippen molar-refractivity contribution in [2.24, 2.45) is 11.7 Å². The zero-order valence-corrected chi connectivity index (χ0v) is 13.5. The van der Waals surface area contributed by atoms with Crippen LogP contribution in [0.3, 0.4) is 0 Å². The molecule has 0 aliphatic heterocycles. The predicted molar refractivity (Wildman–Crippen MR) is 89.4 cm³/mol. The van der Waals surface area contributed by atoms with E-state index in [0.29, 0.717) is 18.0 Å². The van der Waals surface area contributed by atoms with Crippen LogP contribution in [-0.4, -0.2) is 11.9 Å². The number of benzene rings is 2. The highest BCUT2D eigenvalue weighted by Gasteiger charge is 2.33. The third-order valence-electron chi connectivity index (χ3n) is 4.37. The van der Waals surface area contributed by atoms with Crippen molar-refractivity contribution < 1.29 is 18.0 Å². The van der Waals surface area contributed by atoms with E-state index >= 15 is 0 Å². The average Bonchev–Trinajstić information content (AvgIpc) is 3.44. The number of nitrogens with two attached hydrogens (primary N) is 1. The van der Waals surface area contributed by atoms with Crippen LogP contribution in [0.5, 0.6) is 0 Å². The Morgan fingerprint density at radius 3 is 2.40 bits per heavy atom. The molecule has 0 radical (unpaired) electrons. The van der Waals surface area contributed by atoms with Crippen LogP contribution in [0.4, 0.5) is 13.2 Å². The number of amides is 1. The van der Waals surface area contributed by atoms with Gasteiger partial charge in [0.15, 0.2) is 0 Å². The molecule has 3 rings (SSSR count). The molecule has 2 aromatic carbocycles. The molecule has 25 heavy (non-hydrogen) atoms. The van der Waals surface area contributed by atoms with Crippen LogP contribution in [0.1, 0.15) is 24.0 Å². The summed E-state index contributed by atoms with van der Waals surface area (Å²) in [5.41, 5.74) is 7.54. The maximum atomic E-state index is 12.6. The van der Waals surface area contributed by atoms with Gasteiger partial charge >= 0.3 is 6.18 Å². The van der Waals surface area contributed by atoms with Crippen LogP contribution in [0.15, 0.2) is 48.5 Å². The summed E-state index contributed by atoms with van der Waals surface area (Å²) in [5, 5.41) is 2.82. The Labute approximate surface area is 144 Å². The van der Waals surface area contributed by atoms with Crippen LogP contribution in [0, 0.1) is 5.92 Å². The van der Waals surface area contributed by atoms with E-state index in [2.05, 4.69) is 5.32 Å². The summed E-state index contributed by atoms with van der Waals surface area (Å²) >= 11 is 0. The largest absolute Gasteiger partial charge is 0.416 e. The van der Waals surface area contributed by atoms with Gasteiger partial charge in [0.2, 0.25) is 5.91 Å². The first-order chi connectivity index (χ1) is 11.8. The molecule has 0 heterocycles. The second-order valence-corrected chi connectivity index (χ2v) is 6.36. The van der Waals surface area contributed by atoms with Gasteiger partial charge in [-0.05, 0) is 53.6 Å². The molecule has 1 amide bonds. The fourth-order valence-corrected chi connectivity index (χ4v) is 2.69. The van der Waals surface area contributed by atoms with Gasteiger partial charge in [-0.3, -0.25) is 4.79 Å². The number of hydrogen-bond acceptors (Lipinski definition) is 2. The molecule has 1 saturated carbocycles. The Hall–Kier alpha value is -2.34. The first-order valence-electron chi connectivity index (χ1n) is 8.14. The Kier molecular flexibility index (Phi) is 4.81. The summed E-state index contributed by atoms with van der Waals surface area (Å²) in [5.74, 6) is 0.126. The van der Waals surface area contributed by atoms with Gasteiger partial charge in [0.1, 0.15) is 0 Å². The molecule has 132 valence electrons.